The maximum absolute atomic E-state index is 11.4. The van der Waals surface area contributed by atoms with Crippen LogP contribution in [0.1, 0.15) is 28.2 Å². The van der Waals surface area contributed by atoms with Gasteiger partial charge >= 0.3 is 5.97 Å². The summed E-state index contributed by atoms with van der Waals surface area (Å²) in [6, 6.07) is 0. The summed E-state index contributed by atoms with van der Waals surface area (Å²) in [5.74, 6) is 0.314. The lowest BCUT2D eigenvalue weighted by atomic mass is 10.4. The molecule has 2 aromatic heterocycles. The van der Waals surface area contributed by atoms with Crippen LogP contribution in [0, 0.1) is 13.8 Å². The zero-order valence-electron chi connectivity index (χ0n) is 10.1. The SMILES string of the molecule is CCOC(=O)c1nnc(Sc2nc(C)c(C)o2)s1. The van der Waals surface area contributed by atoms with Gasteiger partial charge in [0, 0.05) is 11.8 Å². The lowest BCUT2D eigenvalue weighted by Crippen LogP contribution is -2.03. The second kappa shape index (κ2) is 5.49. The first-order valence-corrected chi connectivity index (χ1v) is 6.86. The zero-order chi connectivity index (χ0) is 13.1. The molecule has 0 aliphatic heterocycles. The second-order valence-corrected chi connectivity index (χ2v) is 5.49. The molecule has 0 aliphatic rings. The van der Waals surface area contributed by atoms with Gasteiger partial charge in [-0.3, -0.25) is 0 Å². The fourth-order valence-corrected chi connectivity index (χ4v) is 2.76. The number of oxazole rings is 1. The van der Waals surface area contributed by atoms with E-state index in [-0.39, 0.29) is 5.01 Å². The maximum Gasteiger partial charge on any atom is 0.369 e. The highest BCUT2D eigenvalue weighted by atomic mass is 32.2. The molecule has 0 spiro atoms. The fourth-order valence-electron chi connectivity index (χ4n) is 1.09. The molecule has 0 aromatic carbocycles. The molecule has 18 heavy (non-hydrogen) atoms. The molecule has 0 amide bonds. The van der Waals surface area contributed by atoms with E-state index in [1.165, 1.54) is 11.8 Å². The van der Waals surface area contributed by atoms with Crippen molar-refractivity contribution in [1.29, 1.82) is 0 Å². The molecule has 2 rings (SSSR count). The van der Waals surface area contributed by atoms with Gasteiger partial charge in [0.15, 0.2) is 4.34 Å². The number of hydrogen-bond acceptors (Lipinski definition) is 8. The molecule has 0 N–H and O–H groups in total. The Morgan fingerprint density at radius 1 is 1.44 bits per heavy atom. The first-order valence-electron chi connectivity index (χ1n) is 5.22. The van der Waals surface area contributed by atoms with Crippen molar-refractivity contribution in [2.75, 3.05) is 6.61 Å². The van der Waals surface area contributed by atoms with Gasteiger partial charge in [0.2, 0.25) is 5.01 Å². The highest BCUT2D eigenvalue weighted by Gasteiger charge is 2.16. The number of aromatic nitrogens is 3. The van der Waals surface area contributed by atoms with Crippen LogP contribution in [0.15, 0.2) is 14.0 Å². The largest absolute Gasteiger partial charge is 0.461 e. The van der Waals surface area contributed by atoms with E-state index in [0.717, 1.165) is 22.8 Å². The van der Waals surface area contributed by atoms with Crippen molar-refractivity contribution in [3.05, 3.63) is 16.5 Å². The summed E-state index contributed by atoms with van der Waals surface area (Å²) in [4.78, 5) is 15.6. The van der Waals surface area contributed by atoms with Crippen LogP contribution in [-0.4, -0.2) is 27.8 Å². The summed E-state index contributed by atoms with van der Waals surface area (Å²) in [5.41, 5.74) is 0.840. The molecule has 6 nitrogen and oxygen atoms in total. The summed E-state index contributed by atoms with van der Waals surface area (Å²) in [5, 5.41) is 8.38. The first-order chi connectivity index (χ1) is 8.60. The number of hydrogen-bond donors (Lipinski definition) is 0. The molecule has 0 unspecified atom stereocenters. The fraction of sp³-hybridized carbons (Fsp3) is 0.400. The normalized spacial score (nSPS) is 10.6. The van der Waals surface area contributed by atoms with E-state index in [0.29, 0.717) is 16.2 Å². The van der Waals surface area contributed by atoms with Crippen molar-refractivity contribution in [3.63, 3.8) is 0 Å². The first kappa shape index (κ1) is 13.0. The molecule has 0 saturated carbocycles. The molecular weight excluding hydrogens is 274 g/mol. The van der Waals surface area contributed by atoms with Gasteiger partial charge in [-0.15, -0.1) is 10.2 Å². The molecular formula is C10H11N3O3S2. The van der Waals surface area contributed by atoms with Crippen molar-refractivity contribution in [1.82, 2.24) is 15.2 Å². The number of carbonyl (C=O) groups excluding carboxylic acids is 1. The number of carbonyl (C=O) groups is 1. The third kappa shape index (κ3) is 2.88. The van der Waals surface area contributed by atoms with Gasteiger partial charge in [-0.1, -0.05) is 11.3 Å². The number of ether oxygens (including phenoxy) is 1. The van der Waals surface area contributed by atoms with Gasteiger partial charge < -0.3 is 9.15 Å². The second-order valence-electron chi connectivity index (χ2n) is 3.32. The molecule has 0 atom stereocenters. The molecule has 0 bridgehead atoms. The molecule has 96 valence electrons. The van der Waals surface area contributed by atoms with Crippen LogP contribution in [0.2, 0.25) is 0 Å². The van der Waals surface area contributed by atoms with E-state index in [2.05, 4.69) is 15.2 Å². The van der Waals surface area contributed by atoms with Gasteiger partial charge in [0.25, 0.3) is 5.22 Å². The van der Waals surface area contributed by atoms with Crippen LogP contribution in [0.5, 0.6) is 0 Å². The minimum atomic E-state index is -0.457. The third-order valence-corrected chi connectivity index (χ3v) is 3.84. The van der Waals surface area contributed by atoms with Crippen LogP contribution >= 0.6 is 23.1 Å². The average molecular weight is 285 g/mol. The standard InChI is InChI=1S/C10H11N3O3S2/c1-4-15-8(14)7-12-13-10(17-7)18-9-11-5(2)6(3)16-9/h4H2,1-3H3. The molecule has 2 heterocycles. The van der Waals surface area contributed by atoms with E-state index in [1.807, 2.05) is 13.8 Å². The van der Waals surface area contributed by atoms with E-state index in [4.69, 9.17) is 9.15 Å². The zero-order valence-corrected chi connectivity index (χ0v) is 11.7. The number of nitrogens with zero attached hydrogens (tertiary/aromatic N) is 3. The Bertz CT molecular complexity index is 545. The quantitative estimate of drug-likeness (QED) is 0.798. The van der Waals surface area contributed by atoms with Crippen LogP contribution < -0.4 is 0 Å². The third-order valence-electron chi connectivity index (χ3n) is 2.04. The van der Waals surface area contributed by atoms with Crippen LogP contribution in [0.4, 0.5) is 0 Å². The topological polar surface area (TPSA) is 78.1 Å². The van der Waals surface area contributed by atoms with E-state index >= 15 is 0 Å². The van der Waals surface area contributed by atoms with E-state index in [1.54, 1.807) is 6.92 Å². The number of aryl methyl sites for hydroxylation is 2. The number of esters is 1. The van der Waals surface area contributed by atoms with Crippen LogP contribution in [-0.2, 0) is 4.74 Å². The van der Waals surface area contributed by atoms with Crippen molar-refractivity contribution in [2.45, 2.75) is 30.3 Å². The minimum absolute atomic E-state index is 0.236. The van der Waals surface area contributed by atoms with Crippen LogP contribution in [0.3, 0.4) is 0 Å². The Morgan fingerprint density at radius 2 is 2.22 bits per heavy atom. The minimum Gasteiger partial charge on any atom is -0.461 e. The molecule has 0 radical (unpaired) electrons. The molecule has 0 aliphatic carbocycles. The summed E-state index contributed by atoms with van der Waals surface area (Å²) in [6.07, 6.45) is 0. The van der Waals surface area contributed by atoms with Crippen molar-refractivity contribution in [2.24, 2.45) is 0 Å². The van der Waals surface area contributed by atoms with E-state index < -0.39 is 5.97 Å². The maximum atomic E-state index is 11.4. The Morgan fingerprint density at radius 3 is 2.83 bits per heavy atom. The summed E-state index contributed by atoms with van der Waals surface area (Å²) in [7, 11) is 0. The smallest absolute Gasteiger partial charge is 0.369 e. The van der Waals surface area contributed by atoms with Crippen molar-refractivity contribution in [3.8, 4) is 0 Å². The lowest BCUT2D eigenvalue weighted by molar-refractivity contribution is 0.0525. The average Bonchev–Trinajstić information content (AvgIpc) is 2.88. The monoisotopic (exact) mass is 285 g/mol. The highest BCUT2D eigenvalue weighted by Crippen LogP contribution is 2.30. The van der Waals surface area contributed by atoms with Crippen molar-refractivity contribution < 1.29 is 13.9 Å². The molecule has 0 fully saturated rings. The van der Waals surface area contributed by atoms with Crippen molar-refractivity contribution >= 4 is 29.1 Å². The van der Waals surface area contributed by atoms with Crippen LogP contribution in [0.25, 0.3) is 0 Å². The summed E-state index contributed by atoms with van der Waals surface area (Å²) < 4.78 is 10.8. The Labute approximate surface area is 112 Å². The Hall–Kier alpha value is -1.41. The van der Waals surface area contributed by atoms with Gasteiger partial charge in [0.1, 0.15) is 5.76 Å². The highest BCUT2D eigenvalue weighted by molar-refractivity contribution is 8.00. The van der Waals surface area contributed by atoms with Gasteiger partial charge in [0.05, 0.1) is 12.3 Å². The Kier molecular flexibility index (Phi) is 3.97. The predicted molar refractivity (Wildman–Crippen MR) is 66.0 cm³/mol. The van der Waals surface area contributed by atoms with E-state index in [9.17, 15) is 4.79 Å². The number of rotatable bonds is 4. The predicted octanol–water partition coefficient (Wildman–Crippen LogP) is 2.47. The Balaban J connectivity index is 2.09. The van der Waals surface area contributed by atoms with Gasteiger partial charge in [-0.25, -0.2) is 9.78 Å². The lowest BCUT2D eigenvalue weighted by Gasteiger charge is -1.94. The summed E-state index contributed by atoms with van der Waals surface area (Å²) in [6.45, 7) is 5.77. The van der Waals surface area contributed by atoms with Gasteiger partial charge in [-0.2, -0.15) is 0 Å². The molecule has 8 heteroatoms. The summed E-state index contributed by atoms with van der Waals surface area (Å²) >= 11 is 2.40. The molecule has 0 saturated heterocycles. The molecule has 2 aromatic rings. The van der Waals surface area contributed by atoms with Gasteiger partial charge in [-0.05, 0) is 20.8 Å².